The maximum atomic E-state index is 12.1. The van der Waals surface area contributed by atoms with Crippen LogP contribution in [-0.4, -0.2) is 27.0 Å². The van der Waals surface area contributed by atoms with Crippen LogP contribution in [0.3, 0.4) is 0 Å². The summed E-state index contributed by atoms with van der Waals surface area (Å²) in [4.78, 5) is 24.4. The molecule has 0 aliphatic heterocycles. The van der Waals surface area contributed by atoms with Gasteiger partial charge < -0.3 is 11.1 Å². The monoisotopic (exact) mass is 364 g/mol. The van der Waals surface area contributed by atoms with Gasteiger partial charge in [0.2, 0.25) is 5.95 Å². The number of halogens is 1. The van der Waals surface area contributed by atoms with Gasteiger partial charge in [-0.15, -0.1) is 0 Å². The van der Waals surface area contributed by atoms with Gasteiger partial charge in [0, 0.05) is 17.6 Å². The van der Waals surface area contributed by atoms with Crippen LogP contribution in [0.4, 0.5) is 16.6 Å². The van der Waals surface area contributed by atoms with Crippen LogP contribution in [0.5, 0.6) is 0 Å². The number of nitrogen functional groups attached to an aromatic ring is 1. The molecule has 0 radical (unpaired) electrons. The summed E-state index contributed by atoms with van der Waals surface area (Å²) >= 11 is 3.40. The van der Waals surface area contributed by atoms with E-state index in [4.69, 9.17) is 5.73 Å². The van der Waals surface area contributed by atoms with Gasteiger partial charge in [0.25, 0.3) is 0 Å². The molecule has 116 valence electrons. The van der Waals surface area contributed by atoms with Gasteiger partial charge in [0.15, 0.2) is 11.5 Å². The van der Waals surface area contributed by atoms with Gasteiger partial charge in [-0.1, -0.05) is 19.3 Å². The molecule has 2 aromatic rings. The summed E-state index contributed by atoms with van der Waals surface area (Å²) in [6.07, 6.45) is 7.24. The number of aromatic nitrogens is 3. The number of hydrogen-bond donors (Lipinski definition) is 3. The average Bonchev–Trinajstić information content (AvgIpc) is 2.49. The van der Waals surface area contributed by atoms with E-state index in [9.17, 15) is 4.79 Å². The molecular formula is C14H17BrN6O. The summed E-state index contributed by atoms with van der Waals surface area (Å²) < 4.78 is 0.673. The third kappa shape index (κ3) is 3.44. The third-order valence-electron chi connectivity index (χ3n) is 3.71. The number of fused-ring (bicyclic) bond motifs is 1. The van der Waals surface area contributed by atoms with E-state index in [2.05, 4.69) is 41.5 Å². The number of carbonyl (C=O) groups excluding carboxylic acids is 1. The fourth-order valence-electron chi connectivity index (χ4n) is 2.61. The second kappa shape index (κ2) is 6.43. The molecule has 2 aromatic heterocycles. The van der Waals surface area contributed by atoms with Crippen molar-refractivity contribution in [1.29, 1.82) is 0 Å². The van der Waals surface area contributed by atoms with Gasteiger partial charge in [-0.05, 0) is 34.8 Å². The smallest absolute Gasteiger partial charge is 0.320 e. The quantitative estimate of drug-likeness (QED) is 0.759. The minimum absolute atomic E-state index is 0.153. The van der Waals surface area contributed by atoms with Crippen molar-refractivity contribution in [2.75, 3.05) is 11.1 Å². The molecule has 0 saturated heterocycles. The van der Waals surface area contributed by atoms with E-state index in [1.165, 1.54) is 19.3 Å². The summed E-state index contributed by atoms with van der Waals surface area (Å²) in [5.41, 5.74) is 6.01. The van der Waals surface area contributed by atoms with Crippen LogP contribution < -0.4 is 16.4 Å². The van der Waals surface area contributed by atoms with Crippen molar-refractivity contribution in [1.82, 2.24) is 20.3 Å². The highest BCUT2D eigenvalue weighted by molar-refractivity contribution is 9.10. The summed E-state index contributed by atoms with van der Waals surface area (Å²) in [5, 5.41) is 6.49. The van der Waals surface area contributed by atoms with Crippen LogP contribution in [0.15, 0.2) is 16.7 Å². The third-order valence-corrected chi connectivity index (χ3v) is 4.32. The molecule has 0 aromatic carbocycles. The van der Waals surface area contributed by atoms with Gasteiger partial charge >= 0.3 is 6.03 Å². The van der Waals surface area contributed by atoms with E-state index in [0.717, 1.165) is 18.2 Å². The Morgan fingerprint density at radius 3 is 2.82 bits per heavy atom. The molecule has 4 N–H and O–H groups in total. The van der Waals surface area contributed by atoms with Crippen molar-refractivity contribution in [2.24, 2.45) is 0 Å². The molecule has 0 atom stereocenters. The van der Waals surface area contributed by atoms with Gasteiger partial charge in [-0.25, -0.2) is 14.8 Å². The number of nitrogens with one attached hydrogen (secondary N) is 2. The minimum Gasteiger partial charge on any atom is -0.368 e. The molecule has 0 spiro atoms. The molecular weight excluding hydrogens is 348 g/mol. The maximum Gasteiger partial charge on any atom is 0.320 e. The van der Waals surface area contributed by atoms with Crippen molar-refractivity contribution >= 4 is 44.8 Å². The highest BCUT2D eigenvalue weighted by Crippen LogP contribution is 2.24. The topological polar surface area (TPSA) is 106 Å². The Kier molecular flexibility index (Phi) is 4.37. The Bertz CT molecular complexity index is 701. The molecule has 1 saturated carbocycles. The largest absolute Gasteiger partial charge is 0.368 e. The summed E-state index contributed by atoms with van der Waals surface area (Å²) in [6.45, 7) is 0. The lowest BCUT2D eigenvalue weighted by Gasteiger charge is -2.22. The number of nitrogens with zero attached hydrogens (tertiary/aromatic N) is 3. The second-order valence-corrected chi connectivity index (χ2v) is 6.25. The van der Waals surface area contributed by atoms with Crippen LogP contribution >= 0.6 is 15.9 Å². The molecule has 0 bridgehead atoms. The van der Waals surface area contributed by atoms with Crippen molar-refractivity contribution in [3.63, 3.8) is 0 Å². The zero-order valence-electron chi connectivity index (χ0n) is 12.0. The molecule has 22 heavy (non-hydrogen) atoms. The first kappa shape index (κ1) is 15.0. The molecule has 1 aliphatic carbocycles. The van der Waals surface area contributed by atoms with E-state index in [0.29, 0.717) is 15.9 Å². The van der Waals surface area contributed by atoms with E-state index >= 15 is 0 Å². The number of amides is 2. The number of nitrogens with two attached hydrogens (primary N) is 1. The Morgan fingerprint density at radius 2 is 2.05 bits per heavy atom. The molecule has 2 heterocycles. The Balaban J connectivity index is 1.74. The number of pyridine rings is 1. The highest BCUT2D eigenvalue weighted by Gasteiger charge is 2.17. The molecule has 8 heteroatoms. The molecule has 0 unspecified atom stereocenters. The normalized spacial score (nSPS) is 15.7. The standard InChI is InChI=1S/C14H17BrN6O/c15-10-6-8-7-17-13(16)20-11(8)19-12(10)21-14(22)18-9-4-2-1-3-5-9/h6-7,9H,1-5H2,(H4,16,17,18,19,20,21,22). The van der Waals surface area contributed by atoms with Gasteiger partial charge in [0.05, 0.1) is 4.47 Å². The van der Waals surface area contributed by atoms with E-state index < -0.39 is 0 Å². The van der Waals surface area contributed by atoms with Crippen LogP contribution in [0.25, 0.3) is 11.0 Å². The Hall–Kier alpha value is -1.96. The number of urea groups is 1. The van der Waals surface area contributed by atoms with Gasteiger partial charge in [-0.3, -0.25) is 5.32 Å². The predicted octanol–water partition coefficient (Wildman–Crippen LogP) is 2.82. The predicted molar refractivity (Wildman–Crippen MR) is 88.5 cm³/mol. The van der Waals surface area contributed by atoms with Crippen LogP contribution in [0.1, 0.15) is 32.1 Å². The SMILES string of the molecule is Nc1ncc2cc(Br)c(NC(=O)NC3CCCCC3)nc2n1. The van der Waals surface area contributed by atoms with Crippen molar-refractivity contribution < 1.29 is 4.79 Å². The fraction of sp³-hybridized carbons (Fsp3) is 0.429. The van der Waals surface area contributed by atoms with Crippen LogP contribution in [0.2, 0.25) is 0 Å². The zero-order chi connectivity index (χ0) is 15.5. The van der Waals surface area contributed by atoms with Crippen LogP contribution in [0, 0.1) is 0 Å². The number of rotatable bonds is 2. The maximum absolute atomic E-state index is 12.1. The van der Waals surface area contributed by atoms with Crippen molar-refractivity contribution in [3.8, 4) is 0 Å². The molecule has 1 fully saturated rings. The first-order valence-corrected chi connectivity index (χ1v) is 8.07. The number of carbonyl (C=O) groups is 1. The molecule has 1 aliphatic rings. The van der Waals surface area contributed by atoms with Crippen molar-refractivity contribution in [3.05, 3.63) is 16.7 Å². The van der Waals surface area contributed by atoms with E-state index in [-0.39, 0.29) is 18.0 Å². The molecule has 2 amide bonds. The first-order valence-electron chi connectivity index (χ1n) is 7.28. The Labute approximate surface area is 136 Å². The lowest BCUT2D eigenvalue weighted by atomic mass is 9.96. The van der Waals surface area contributed by atoms with Gasteiger partial charge in [-0.2, -0.15) is 4.98 Å². The van der Waals surface area contributed by atoms with E-state index in [1.54, 1.807) is 12.3 Å². The van der Waals surface area contributed by atoms with Crippen molar-refractivity contribution in [2.45, 2.75) is 38.1 Å². The summed E-state index contributed by atoms with van der Waals surface area (Å²) in [7, 11) is 0. The highest BCUT2D eigenvalue weighted by atomic mass is 79.9. The fourth-order valence-corrected chi connectivity index (χ4v) is 3.05. The van der Waals surface area contributed by atoms with E-state index in [1.807, 2.05) is 0 Å². The molecule has 7 nitrogen and oxygen atoms in total. The summed E-state index contributed by atoms with van der Waals surface area (Å²) in [5.74, 6) is 0.568. The molecule has 3 rings (SSSR count). The zero-order valence-corrected chi connectivity index (χ0v) is 13.6. The second-order valence-electron chi connectivity index (χ2n) is 5.39. The minimum atomic E-state index is -0.249. The van der Waals surface area contributed by atoms with Gasteiger partial charge in [0.1, 0.15) is 0 Å². The number of hydrogen-bond acceptors (Lipinski definition) is 5. The van der Waals surface area contributed by atoms with Crippen LogP contribution in [-0.2, 0) is 0 Å². The lowest BCUT2D eigenvalue weighted by molar-refractivity contribution is 0.244. The lowest BCUT2D eigenvalue weighted by Crippen LogP contribution is -2.39. The Morgan fingerprint density at radius 1 is 1.27 bits per heavy atom. The first-order chi connectivity index (χ1) is 10.6. The summed E-state index contributed by atoms with van der Waals surface area (Å²) in [6, 6.07) is 1.80. The average molecular weight is 365 g/mol. The number of anilines is 2.